The Bertz CT molecular complexity index is 467. The minimum atomic E-state index is -4.80. The summed E-state index contributed by atoms with van der Waals surface area (Å²) in [7, 11) is 1.43. The first-order valence-corrected chi connectivity index (χ1v) is 5.16. The van der Waals surface area contributed by atoms with Crippen LogP contribution in [0.4, 0.5) is 13.2 Å². The van der Waals surface area contributed by atoms with Crippen LogP contribution in [0.3, 0.4) is 0 Å². The van der Waals surface area contributed by atoms with E-state index in [-0.39, 0.29) is 5.56 Å². The summed E-state index contributed by atoms with van der Waals surface area (Å²) in [6.45, 7) is 2.20. The predicted octanol–water partition coefficient (Wildman–Crippen LogP) is 2.47. The Hall–Kier alpha value is -1.56. The summed E-state index contributed by atoms with van der Waals surface area (Å²) in [5.41, 5.74) is 2.54. The second-order valence-corrected chi connectivity index (χ2v) is 4.21. The highest BCUT2D eigenvalue weighted by Gasteiger charge is 2.54. The van der Waals surface area contributed by atoms with Gasteiger partial charge in [-0.25, -0.2) is 0 Å². The van der Waals surface area contributed by atoms with E-state index >= 15 is 0 Å². The fourth-order valence-electron chi connectivity index (χ4n) is 1.43. The van der Waals surface area contributed by atoms with Crippen LogP contribution in [-0.2, 0) is 0 Å². The molecule has 0 amide bonds. The van der Waals surface area contributed by atoms with Crippen LogP contribution < -0.4 is 10.5 Å². The second-order valence-electron chi connectivity index (χ2n) is 4.21. The van der Waals surface area contributed by atoms with Crippen molar-refractivity contribution >= 4 is 5.78 Å². The number of hydrogen-bond donors (Lipinski definition) is 1. The third kappa shape index (κ3) is 2.48. The first kappa shape index (κ1) is 14.5. The number of aryl methyl sites for hydroxylation is 1. The van der Waals surface area contributed by atoms with Gasteiger partial charge in [0, 0.05) is 5.56 Å². The van der Waals surface area contributed by atoms with Crippen molar-refractivity contribution in [3.8, 4) is 5.75 Å². The molecule has 2 N–H and O–H groups in total. The second kappa shape index (κ2) is 4.61. The number of nitrogens with two attached hydrogens (primary N) is 1. The molecule has 1 rings (SSSR count). The minimum absolute atomic E-state index is 0.0573. The van der Waals surface area contributed by atoms with Gasteiger partial charge in [-0.3, -0.25) is 4.79 Å². The normalized spacial score (nSPS) is 15.1. The number of rotatable bonds is 3. The van der Waals surface area contributed by atoms with E-state index in [0.29, 0.717) is 18.2 Å². The monoisotopic (exact) mass is 261 g/mol. The first-order chi connectivity index (χ1) is 8.11. The highest BCUT2D eigenvalue weighted by molar-refractivity contribution is 6.04. The number of Topliss-reactive ketones (excluding diaryl/α,β-unsaturated/α-hetero) is 1. The lowest BCUT2D eigenvalue weighted by Gasteiger charge is -2.26. The Morgan fingerprint density at radius 3 is 2.28 bits per heavy atom. The molecule has 0 heterocycles. The van der Waals surface area contributed by atoms with Gasteiger partial charge in [0.25, 0.3) is 0 Å². The van der Waals surface area contributed by atoms with Gasteiger partial charge in [-0.1, -0.05) is 0 Å². The zero-order valence-corrected chi connectivity index (χ0v) is 10.3. The van der Waals surface area contributed by atoms with Crippen molar-refractivity contribution in [1.82, 2.24) is 0 Å². The van der Waals surface area contributed by atoms with E-state index < -0.39 is 17.5 Å². The zero-order chi connectivity index (χ0) is 14.1. The van der Waals surface area contributed by atoms with Crippen molar-refractivity contribution in [2.24, 2.45) is 5.73 Å². The molecule has 1 aromatic carbocycles. The largest absolute Gasteiger partial charge is 0.497 e. The van der Waals surface area contributed by atoms with Crippen LogP contribution in [0.2, 0.25) is 0 Å². The van der Waals surface area contributed by atoms with Crippen LogP contribution in [0.15, 0.2) is 18.2 Å². The van der Waals surface area contributed by atoms with Crippen molar-refractivity contribution in [3.63, 3.8) is 0 Å². The number of alkyl halides is 3. The number of ketones is 1. The fraction of sp³-hybridized carbons (Fsp3) is 0.417. The number of methoxy groups -OCH3 is 1. The summed E-state index contributed by atoms with van der Waals surface area (Å²) in [5, 5.41) is 0. The lowest BCUT2D eigenvalue weighted by atomic mass is 9.89. The quantitative estimate of drug-likeness (QED) is 0.850. The third-order valence-electron chi connectivity index (χ3n) is 2.74. The lowest BCUT2D eigenvalue weighted by molar-refractivity contribution is -0.165. The SMILES string of the molecule is COc1ccc(C(=O)C(C)(N)C(F)(F)F)c(C)c1. The molecule has 0 aliphatic carbocycles. The van der Waals surface area contributed by atoms with Gasteiger partial charge in [0.2, 0.25) is 0 Å². The highest BCUT2D eigenvalue weighted by atomic mass is 19.4. The topological polar surface area (TPSA) is 52.3 Å². The van der Waals surface area contributed by atoms with Crippen molar-refractivity contribution in [2.45, 2.75) is 25.6 Å². The number of halogens is 3. The molecule has 0 spiro atoms. The van der Waals surface area contributed by atoms with E-state index in [1.54, 1.807) is 0 Å². The molecule has 0 fully saturated rings. The van der Waals surface area contributed by atoms with Crippen LogP contribution in [0.5, 0.6) is 5.75 Å². The predicted molar refractivity (Wildman–Crippen MR) is 60.7 cm³/mol. The molecule has 100 valence electrons. The van der Waals surface area contributed by atoms with Crippen molar-refractivity contribution in [3.05, 3.63) is 29.3 Å². The molecule has 0 aliphatic rings. The number of carbonyl (C=O) groups is 1. The fourth-order valence-corrected chi connectivity index (χ4v) is 1.43. The van der Waals surface area contributed by atoms with Gasteiger partial charge >= 0.3 is 6.18 Å². The smallest absolute Gasteiger partial charge is 0.413 e. The average Bonchev–Trinajstić information content (AvgIpc) is 2.26. The van der Waals surface area contributed by atoms with Crippen LogP contribution >= 0.6 is 0 Å². The first-order valence-electron chi connectivity index (χ1n) is 5.16. The van der Waals surface area contributed by atoms with Crippen molar-refractivity contribution in [1.29, 1.82) is 0 Å². The molecule has 3 nitrogen and oxygen atoms in total. The van der Waals surface area contributed by atoms with E-state index in [2.05, 4.69) is 0 Å². The van der Waals surface area contributed by atoms with Gasteiger partial charge in [0.05, 0.1) is 7.11 Å². The Morgan fingerprint density at radius 1 is 1.33 bits per heavy atom. The maximum atomic E-state index is 12.7. The number of ether oxygens (including phenoxy) is 1. The van der Waals surface area contributed by atoms with Gasteiger partial charge < -0.3 is 10.5 Å². The van der Waals surface area contributed by atoms with Gasteiger partial charge in [0.15, 0.2) is 11.3 Å². The average molecular weight is 261 g/mol. The molecule has 6 heteroatoms. The molecule has 0 aliphatic heterocycles. The van der Waals surface area contributed by atoms with Gasteiger partial charge in [-0.05, 0) is 37.6 Å². The third-order valence-corrected chi connectivity index (χ3v) is 2.74. The number of benzene rings is 1. The van der Waals surface area contributed by atoms with Crippen LogP contribution in [0, 0.1) is 6.92 Å². The van der Waals surface area contributed by atoms with Crippen LogP contribution in [-0.4, -0.2) is 24.6 Å². The van der Waals surface area contributed by atoms with Crippen molar-refractivity contribution in [2.75, 3.05) is 7.11 Å². The molecule has 0 saturated carbocycles. The molecule has 0 bridgehead atoms. The molecule has 0 saturated heterocycles. The molecule has 0 radical (unpaired) electrons. The number of hydrogen-bond acceptors (Lipinski definition) is 3. The van der Waals surface area contributed by atoms with E-state index in [4.69, 9.17) is 10.5 Å². The maximum Gasteiger partial charge on any atom is 0.413 e. The molecule has 1 unspecified atom stereocenters. The van der Waals surface area contributed by atoms with E-state index in [0.717, 1.165) is 0 Å². The Labute approximate surface area is 103 Å². The molecule has 1 aromatic rings. The zero-order valence-electron chi connectivity index (χ0n) is 10.3. The number of carbonyl (C=O) groups excluding carboxylic acids is 1. The molecular formula is C12H14F3NO2. The van der Waals surface area contributed by atoms with Gasteiger partial charge in [0.1, 0.15) is 5.75 Å². The Kier molecular flexibility index (Phi) is 3.71. The summed E-state index contributed by atoms with van der Waals surface area (Å²) in [6, 6.07) is 4.19. The summed E-state index contributed by atoms with van der Waals surface area (Å²) < 4.78 is 42.9. The Balaban J connectivity index is 3.20. The molecular weight excluding hydrogens is 247 g/mol. The van der Waals surface area contributed by atoms with Crippen LogP contribution in [0.1, 0.15) is 22.8 Å². The summed E-state index contributed by atoms with van der Waals surface area (Å²) in [6.07, 6.45) is -4.80. The summed E-state index contributed by atoms with van der Waals surface area (Å²) >= 11 is 0. The van der Waals surface area contributed by atoms with Crippen molar-refractivity contribution < 1.29 is 22.7 Å². The Morgan fingerprint density at radius 2 is 1.89 bits per heavy atom. The standard InChI is InChI=1S/C12H14F3NO2/c1-7-6-8(18-3)4-5-9(7)10(17)11(2,16)12(13,14)15/h4-6H,16H2,1-3H3. The van der Waals surface area contributed by atoms with Crippen LogP contribution in [0.25, 0.3) is 0 Å². The molecule has 1 atom stereocenters. The summed E-state index contributed by atoms with van der Waals surface area (Å²) in [4.78, 5) is 11.8. The minimum Gasteiger partial charge on any atom is -0.497 e. The van der Waals surface area contributed by atoms with E-state index in [9.17, 15) is 18.0 Å². The highest BCUT2D eigenvalue weighted by Crippen LogP contribution is 2.32. The maximum absolute atomic E-state index is 12.7. The lowest BCUT2D eigenvalue weighted by Crippen LogP contribution is -2.57. The van der Waals surface area contributed by atoms with E-state index in [1.165, 1.54) is 32.2 Å². The van der Waals surface area contributed by atoms with Gasteiger partial charge in [-0.2, -0.15) is 13.2 Å². The molecule has 18 heavy (non-hydrogen) atoms. The molecule has 0 aromatic heterocycles. The summed E-state index contributed by atoms with van der Waals surface area (Å²) in [5.74, 6) is -0.690. The van der Waals surface area contributed by atoms with Gasteiger partial charge in [-0.15, -0.1) is 0 Å². The van der Waals surface area contributed by atoms with E-state index in [1.807, 2.05) is 0 Å².